The molecule has 0 bridgehead atoms. The Morgan fingerprint density at radius 3 is 2.60 bits per heavy atom. The van der Waals surface area contributed by atoms with E-state index in [-0.39, 0.29) is 39.8 Å². The van der Waals surface area contributed by atoms with Gasteiger partial charge in [-0.15, -0.1) is 0 Å². The van der Waals surface area contributed by atoms with Gasteiger partial charge in [0.25, 0.3) is 0 Å². The van der Waals surface area contributed by atoms with Gasteiger partial charge in [0.05, 0.1) is 41.6 Å². The van der Waals surface area contributed by atoms with Gasteiger partial charge in [0.1, 0.15) is 24.1 Å². The van der Waals surface area contributed by atoms with Crippen molar-refractivity contribution in [3.05, 3.63) is 38.2 Å². The normalized spacial score (nSPS) is 14.2. The first kappa shape index (κ1) is 19.2. The lowest BCUT2D eigenvalue weighted by Gasteiger charge is -2.32. The molecule has 1 aromatic rings. The van der Waals surface area contributed by atoms with E-state index in [4.69, 9.17) is 21.1 Å². The van der Waals surface area contributed by atoms with Gasteiger partial charge in [-0.1, -0.05) is 11.6 Å². The lowest BCUT2D eigenvalue weighted by Crippen LogP contribution is -2.39. The zero-order valence-corrected chi connectivity index (χ0v) is 15.4. The molecule has 0 fully saturated rings. The topological polar surface area (TPSA) is 88.9 Å². The molecule has 25 heavy (non-hydrogen) atoms. The molecule has 1 aliphatic heterocycles. The molecule has 132 valence electrons. The van der Waals surface area contributed by atoms with E-state index in [0.29, 0.717) is 0 Å². The average molecular weight is 434 g/mol. The molecule has 1 aromatic carbocycles. The molecule has 0 aromatic heterocycles. The van der Waals surface area contributed by atoms with E-state index in [2.05, 4.69) is 20.7 Å². The molecule has 1 aliphatic rings. The number of hydrogen-bond donors (Lipinski definition) is 0. The third-order valence-corrected chi connectivity index (χ3v) is 4.23. The van der Waals surface area contributed by atoms with Crippen LogP contribution >= 0.6 is 27.5 Å². The van der Waals surface area contributed by atoms with Crippen molar-refractivity contribution in [3.8, 4) is 6.07 Å². The van der Waals surface area contributed by atoms with Gasteiger partial charge in [0, 0.05) is 0 Å². The number of hydrogen-bond acceptors (Lipinski definition) is 7. The number of halogens is 3. The number of carbonyl (C=O) groups is 2. The van der Waals surface area contributed by atoms with Crippen LogP contribution in [-0.4, -0.2) is 39.5 Å². The fourth-order valence-electron chi connectivity index (χ4n) is 2.27. The summed E-state index contributed by atoms with van der Waals surface area (Å²) in [6.45, 7) is -0.466. The zero-order chi connectivity index (χ0) is 18.7. The van der Waals surface area contributed by atoms with Crippen LogP contribution in [0.3, 0.4) is 0 Å². The Morgan fingerprint density at radius 2 is 2.04 bits per heavy atom. The van der Waals surface area contributed by atoms with Crippen LogP contribution < -0.4 is 4.90 Å². The number of rotatable bonds is 3. The third-order valence-electron chi connectivity index (χ3n) is 3.36. The van der Waals surface area contributed by atoms with Crippen LogP contribution in [0.15, 0.2) is 21.8 Å². The third kappa shape index (κ3) is 3.46. The molecule has 0 N–H and O–H groups in total. The summed E-state index contributed by atoms with van der Waals surface area (Å²) in [5.74, 6) is -2.57. The van der Waals surface area contributed by atoms with Gasteiger partial charge in [0.15, 0.2) is 5.82 Å². The average Bonchev–Trinajstić information content (AvgIpc) is 2.62. The highest BCUT2D eigenvalue weighted by atomic mass is 79.9. The Morgan fingerprint density at radius 1 is 1.40 bits per heavy atom. The second kappa shape index (κ2) is 7.82. The van der Waals surface area contributed by atoms with Crippen LogP contribution in [0, 0.1) is 17.1 Å². The molecule has 0 saturated heterocycles. The highest BCUT2D eigenvalue weighted by molar-refractivity contribution is 9.10. The number of anilines is 1. The molecule has 1 heterocycles. The van der Waals surface area contributed by atoms with Crippen LogP contribution in [-0.2, 0) is 23.8 Å². The zero-order valence-electron chi connectivity index (χ0n) is 13.1. The van der Waals surface area contributed by atoms with Gasteiger partial charge in [-0.05, 0) is 22.0 Å². The largest absolute Gasteiger partial charge is 0.466 e. The van der Waals surface area contributed by atoms with Gasteiger partial charge < -0.3 is 19.1 Å². The number of benzene rings is 1. The standard InChI is InChI=1S/C15H11BrClFN2O5/c1-23-14(21)8-5-25-6-20(13(8)15(22)24-2)12-7(4-19)11(18)9(16)3-10(12)17/h3H,5-6H2,1-2H3. The van der Waals surface area contributed by atoms with E-state index in [1.165, 1.54) is 6.07 Å². The first-order chi connectivity index (χ1) is 11.9. The number of carbonyl (C=O) groups excluding carboxylic acids is 2. The molecular formula is C15H11BrClFN2O5. The predicted molar refractivity (Wildman–Crippen MR) is 88.2 cm³/mol. The van der Waals surface area contributed by atoms with Gasteiger partial charge in [-0.2, -0.15) is 5.26 Å². The Bertz CT molecular complexity index is 821. The molecule has 2 rings (SSSR count). The molecule has 0 radical (unpaired) electrons. The van der Waals surface area contributed by atoms with Gasteiger partial charge in [-0.25, -0.2) is 14.0 Å². The Labute approximate surface area is 155 Å². The smallest absolute Gasteiger partial charge is 0.355 e. The van der Waals surface area contributed by atoms with Crippen molar-refractivity contribution in [2.75, 3.05) is 32.5 Å². The number of esters is 2. The summed E-state index contributed by atoms with van der Waals surface area (Å²) in [6.07, 6.45) is 0. The minimum atomic E-state index is -0.882. The molecule has 0 amide bonds. The molecule has 0 spiro atoms. The maximum absolute atomic E-state index is 14.3. The number of nitrogens with zero attached hydrogens (tertiary/aromatic N) is 2. The summed E-state index contributed by atoms with van der Waals surface area (Å²) in [4.78, 5) is 25.3. The monoisotopic (exact) mass is 432 g/mol. The summed E-state index contributed by atoms with van der Waals surface area (Å²) in [7, 11) is 2.25. The Hall–Kier alpha value is -2.15. The molecule has 0 unspecified atom stereocenters. The van der Waals surface area contributed by atoms with Crippen LogP contribution in [0.4, 0.5) is 10.1 Å². The van der Waals surface area contributed by atoms with Crippen molar-refractivity contribution < 1.29 is 28.2 Å². The maximum atomic E-state index is 14.3. The molecule has 0 saturated carbocycles. The Kier molecular flexibility index (Phi) is 6.00. The highest BCUT2D eigenvalue weighted by Crippen LogP contribution is 2.39. The van der Waals surface area contributed by atoms with Crippen LogP contribution in [0.1, 0.15) is 5.56 Å². The second-order valence-electron chi connectivity index (χ2n) is 4.71. The van der Waals surface area contributed by atoms with Gasteiger partial charge >= 0.3 is 11.9 Å². The predicted octanol–water partition coefficient (Wildman–Crippen LogP) is 2.51. The summed E-state index contributed by atoms with van der Waals surface area (Å²) in [5, 5.41) is 9.29. The van der Waals surface area contributed by atoms with Crippen molar-refractivity contribution in [3.63, 3.8) is 0 Å². The molecule has 7 nitrogen and oxygen atoms in total. The summed E-state index contributed by atoms with van der Waals surface area (Å²) >= 11 is 9.12. The maximum Gasteiger partial charge on any atom is 0.355 e. The van der Waals surface area contributed by atoms with Crippen molar-refractivity contribution in [1.82, 2.24) is 0 Å². The van der Waals surface area contributed by atoms with Crippen LogP contribution in [0.5, 0.6) is 0 Å². The fourth-order valence-corrected chi connectivity index (χ4v) is 3.14. The van der Waals surface area contributed by atoms with Crippen LogP contribution in [0.25, 0.3) is 0 Å². The first-order valence-electron chi connectivity index (χ1n) is 6.70. The first-order valence-corrected chi connectivity index (χ1v) is 7.87. The number of ether oxygens (including phenoxy) is 3. The lowest BCUT2D eigenvalue weighted by atomic mass is 10.1. The van der Waals surface area contributed by atoms with Crippen molar-refractivity contribution in [1.29, 1.82) is 5.26 Å². The fraction of sp³-hybridized carbons (Fsp3) is 0.267. The minimum absolute atomic E-state index is 0.0208. The summed E-state index contributed by atoms with van der Waals surface area (Å²) in [5.41, 5.74) is -0.911. The summed E-state index contributed by atoms with van der Waals surface area (Å²) in [6, 6.07) is 2.93. The molecule has 0 atom stereocenters. The van der Waals surface area contributed by atoms with E-state index in [9.17, 15) is 19.2 Å². The quantitative estimate of drug-likeness (QED) is 0.534. The minimum Gasteiger partial charge on any atom is -0.466 e. The number of nitriles is 1. The van der Waals surface area contributed by atoms with Gasteiger partial charge in [-0.3, -0.25) is 0 Å². The Balaban J connectivity index is 2.77. The van der Waals surface area contributed by atoms with E-state index in [1.807, 2.05) is 0 Å². The van der Waals surface area contributed by atoms with E-state index < -0.39 is 23.3 Å². The lowest BCUT2D eigenvalue weighted by molar-refractivity contribution is -0.140. The SMILES string of the molecule is COC(=O)C1=C(C(=O)OC)N(c2c(Cl)cc(Br)c(F)c2C#N)COC1. The van der Waals surface area contributed by atoms with Crippen molar-refractivity contribution in [2.24, 2.45) is 0 Å². The van der Waals surface area contributed by atoms with Gasteiger partial charge in [0.2, 0.25) is 0 Å². The molecule has 0 aliphatic carbocycles. The molecular weight excluding hydrogens is 423 g/mol. The number of methoxy groups -OCH3 is 2. The van der Waals surface area contributed by atoms with E-state index in [0.717, 1.165) is 19.1 Å². The summed E-state index contributed by atoms with van der Waals surface area (Å²) < 4.78 is 28.9. The van der Waals surface area contributed by atoms with E-state index >= 15 is 0 Å². The second-order valence-corrected chi connectivity index (χ2v) is 5.97. The van der Waals surface area contributed by atoms with Crippen molar-refractivity contribution >= 4 is 45.2 Å². The molecule has 10 heteroatoms. The van der Waals surface area contributed by atoms with E-state index in [1.54, 1.807) is 6.07 Å². The van der Waals surface area contributed by atoms with Crippen LogP contribution in [0.2, 0.25) is 5.02 Å². The highest BCUT2D eigenvalue weighted by Gasteiger charge is 2.35. The van der Waals surface area contributed by atoms with Crippen molar-refractivity contribution in [2.45, 2.75) is 0 Å².